The highest BCUT2D eigenvalue weighted by Gasteiger charge is 2.47. The van der Waals surface area contributed by atoms with Crippen LogP contribution in [-0.2, 0) is 4.79 Å². The van der Waals surface area contributed by atoms with E-state index in [0.29, 0.717) is 5.71 Å². The lowest BCUT2D eigenvalue weighted by molar-refractivity contribution is -0.120. The van der Waals surface area contributed by atoms with Crippen LogP contribution in [0.2, 0.25) is 0 Å². The van der Waals surface area contributed by atoms with Gasteiger partial charge in [-0.1, -0.05) is 17.3 Å². The standard InChI is InChI=1S/C15H18N2O2/c1-9(17-19)10-2-4-14(5-3-10)16-15(18)13-7-11-6-12(11)8-13/h2-5,11-13,19H,6-8H2,1H3,(H,16,18). The number of carbonyl (C=O) groups is 1. The zero-order valence-corrected chi connectivity index (χ0v) is 11.0. The molecule has 2 atom stereocenters. The van der Waals surface area contributed by atoms with Crippen LogP contribution in [0.15, 0.2) is 29.4 Å². The zero-order valence-electron chi connectivity index (χ0n) is 11.0. The fraction of sp³-hybridized carbons (Fsp3) is 0.467. The third kappa shape index (κ3) is 2.48. The van der Waals surface area contributed by atoms with Crippen LogP contribution < -0.4 is 5.32 Å². The van der Waals surface area contributed by atoms with Gasteiger partial charge >= 0.3 is 0 Å². The number of fused-ring (bicyclic) bond motifs is 1. The van der Waals surface area contributed by atoms with E-state index in [-0.39, 0.29) is 11.8 Å². The topological polar surface area (TPSA) is 61.7 Å². The fourth-order valence-corrected chi connectivity index (χ4v) is 3.03. The summed E-state index contributed by atoms with van der Waals surface area (Å²) in [6, 6.07) is 7.38. The van der Waals surface area contributed by atoms with Crippen LogP contribution in [-0.4, -0.2) is 16.8 Å². The highest BCUT2D eigenvalue weighted by atomic mass is 16.4. The van der Waals surface area contributed by atoms with Crippen LogP contribution in [0.5, 0.6) is 0 Å². The lowest BCUT2D eigenvalue weighted by Crippen LogP contribution is -2.21. The van der Waals surface area contributed by atoms with E-state index < -0.39 is 0 Å². The van der Waals surface area contributed by atoms with Crippen LogP contribution in [0.25, 0.3) is 0 Å². The van der Waals surface area contributed by atoms with Gasteiger partial charge in [0.05, 0.1) is 5.71 Å². The Kier molecular flexibility index (Phi) is 3.01. The molecule has 19 heavy (non-hydrogen) atoms. The Bertz CT molecular complexity index is 511. The van der Waals surface area contributed by atoms with E-state index in [1.165, 1.54) is 6.42 Å². The Morgan fingerprint density at radius 1 is 1.21 bits per heavy atom. The second-order valence-corrected chi connectivity index (χ2v) is 5.68. The Labute approximate surface area is 112 Å². The molecule has 0 bridgehead atoms. The quantitative estimate of drug-likeness (QED) is 0.497. The number of anilines is 1. The van der Waals surface area contributed by atoms with Gasteiger partial charge in [-0.25, -0.2) is 0 Å². The van der Waals surface area contributed by atoms with Crippen molar-refractivity contribution in [1.29, 1.82) is 0 Å². The Morgan fingerprint density at radius 3 is 2.42 bits per heavy atom. The van der Waals surface area contributed by atoms with Crippen molar-refractivity contribution in [2.24, 2.45) is 22.9 Å². The predicted octanol–water partition coefficient (Wildman–Crippen LogP) is 2.87. The molecule has 100 valence electrons. The average Bonchev–Trinajstić information content (AvgIpc) is 3.05. The van der Waals surface area contributed by atoms with Crippen molar-refractivity contribution in [3.8, 4) is 0 Å². The van der Waals surface area contributed by atoms with Crippen molar-refractivity contribution in [1.82, 2.24) is 0 Å². The van der Waals surface area contributed by atoms with Crippen LogP contribution in [0.4, 0.5) is 5.69 Å². The number of nitrogens with zero attached hydrogens (tertiary/aromatic N) is 1. The van der Waals surface area contributed by atoms with Gasteiger partial charge in [-0.2, -0.15) is 0 Å². The monoisotopic (exact) mass is 258 g/mol. The molecule has 0 saturated heterocycles. The number of oxime groups is 1. The summed E-state index contributed by atoms with van der Waals surface area (Å²) < 4.78 is 0. The maximum Gasteiger partial charge on any atom is 0.227 e. The van der Waals surface area contributed by atoms with Crippen LogP contribution in [0.1, 0.15) is 31.7 Å². The first kappa shape index (κ1) is 12.2. The minimum Gasteiger partial charge on any atom is -0.411 e. The third-order valence-corrected chi connectivity index (χ3v) is 4.33. The molecular formula is C15H18N2O2. The molecule has 1 amide bonds. The Hall–Kier alpha value is -1.84. The summed E-state index contributed by atoms with van der Waals surface area (Å²) in [4.78, 5) is 12.1. The molecule has 4 heteroatoms. The van der Waals surface area contributed by atoms with Crippen molar-refractivity contribution in [3.63, 3.8) is 0 Å². The van der Waals surface area contributed by atoms with Gasteiger partial charge in [0.2, 0.25) is 5.91 Å². The lowest BCUT2D eigenvalue weighted by atomic mass is 10.0. The molecule has 1 aromatic carbocycles. The predicted molar refractivity (Wildman–Crippen MR) is 73.4 cm³/mol. The molecule has 0 radical (unpaired) electrons. The molecule has 3 rings (SSSR count). The second kappa shape index (κ2) is 4.68. The van der Waals surface area contributed by atoms with Gasteiger partial charge in [-0.15, -0.1) is 0 Å². The van der Waals surface area contributed by atoms with E-state index in [1.54, 1.807) is 6.92 Å². The van der Waals surface area contributed by atoms with Gasteiger partial charge < -0.3 is 10.5 Å². The smallest absolute Gasteiger partial charge is 0.227 e. The van der Waals surface area contributed by atoms with Gasteiger partial charge in [0.25, 0.3) is 0 Å². The molecule has 2 saturated carbocycles. The van der Waals surface area contributed by atoms with Gasteiger partial charge in [-0.3, -0.25) is 4.79 Å². The summed E-state index contributed by atoms with van der Waals surface area (Å²) in [6.07, 6.45) is 3.45. The van der Waals surface area contributed by atoms with Crippen molar-refractivity contribution in [2.75, 3.05) is 5.32 Å². The summed E-state index contributed by atoms with van der Waals surface area (Å²) >= 11 is 0. The molecule has 2 unspecified atom stereocenters. The van der Waals surface area contributed by atoms with E-state index in [1.807, 2.05) is 24.3 Å². The van der Waals surface area contributed by atoms with E-state index in [0.717, 1.165) is 35.9 Å². The minimum atomic E-state index is 0.146. The first-order valence-electron chi connectivity index (χ1n) is 6.77. The van der Waals surface area contributed by atoms with E-state index in [2.05, 4.69) is 10.5 Å². The number of amides is 1. The number of carbonyl (C=O) groups excluding carboxylic acids is 1. The largest absolute Gasteiger partial charge is 0.411 e. The van der Waals surface area contributed by atoms with Gasteiger partial charge in [0, 0.05) is 11.6 Å². The van der Waals surface area contributed by atoms with E-state index in [4.69, 9.17) is 5.21 Å². The molecule has 0 aromatic heterocycles. The molecule has 0 aliphatic heterocycles. The SMILES string of the molecule is CC(=NO)c1ccc(NC(=O)C2CC3CC3C2)cc1. The Morgan fingerprint density at radius 2 is 1.84 bits per heavy atom. The highest BCUT2D eigenvalue weighted by Crippen LogP contribution is 2.54. The molecule has 2 fully saturated rings. The second-order valence-electron chi connectivity index (χ2n) is 5.68. The summed E-state index contributed by atoms with van der Waals surface area (Å²) in [6.45, 7) is 1.73. The molecule has 2 N–H and O–H groups in total. The number of hydrogen-bond donors (Lipinski definition) is 2. The van der Waals surface area contributed by atoms with Crippen molar-refractivity contribution >= 4 is 17.3 Å². The number of rotatable bonds is 3. The van der Waals surface area contributed by atoms with Crippen LogP contribution in [0.3, 0.4) is 0 Å². The summed E-state index contributed by atoms with van der Waals surface area (Å²) in [7, 11) is 0. The van der Waals surface area contributed by atoms with Gasteiger partial charge in [-0.05, 0) is 55.7 Å². The van der Waals surface area contributed by atoms with Crippen molar-refractivity contribution in [3.05, 3.63) is 29.8 Å². The summed E-state index contributed by atoms with van der Waals surface area (Å²) in [5.41, 5.74) is 2.22. The zero-order chi connectivity index (χ0) is 13.4. The summed E-state index contributed by atoms with van der Waals surface area (Å²) in [5.74, 6) is 1.99. The van der Waals surface area contributed by atoms with E-state index in [9.17, 15) is 4.79 Å². The van der Waals surface area contributed by atoms with Gasteiger partial charge in [0.1, 0.15) is 0 Å². The van der Waals surface area contributed by atoms with Crippen molar-refractivity contribution in [2.45, 2.75) is 26.2 Å². The fourth-order valence-electron chi connectivity index (χ4n) is 3.03. The normalized spacial score (nSPS) is 28.9. The minimum absolute atomic E-state index is 0.146. The molecule has 1 aromatic rings. The maximum atomic E-state index is 12.1. The first-order valence-corrected chi connectivity index (χ1v) is 6.77. The molecule has 2 aliphatic rings. The number of benzene rings is 1. The van der Waals surface area contributed by atoms with Crippen LogP contribution in [0, 0.1) is 17.8 Å². The molecule has 4 nitrogen and oxygen atoms in total. The Balaban J connectivity index is 1.61. The molecule has 0 spiro atoms. The van der Waals surface area contributed by atoms with E-state index >= 15 is 0 Å². The van der Waals surface area contributed by atoms with Gasteiger partial charge in [0.15, 0.2) is 0 Å². The number of hydrogen-bond acceptors (Lipinski definition) is 3. The lowest BCUT2D eigenvalue weighted by Gasteiger charge is -2.12. The molecule has 2 aliphatic carbocycles. The summed E-state index contributed by atoms with van der Waals surface area (Å²) in [5, 5.41) is 14.8. The molecule has 0 heterocycles. The number of nitrogens with one attached hydrogen (secondary N) is 1. The average molecular weight is 258 g/mol. The maximum absolute atomic E-state index is 12.1. The highest BCUT2D eigenvalue weighted by molar-refractivity contribution is 5.99. The first-order chi connectivity index (χ1) is 9.17. The van der Waals surface area contributed by atoms with Crippen LogP contribution >= 0.6 is 0 Å². The van der Waals surface area contributed by atoms with Crippen molar-refractivity contribution < 1.29 is 10.0 Å². The third-order valence-electron chi connectivity index (χ3n) is 4.33. The molecular weight excluding hydrogens is 240 g/mol.